The maximum absolute atomic E-state index is 12.4. The average molecular weight is 420 g/mol. The van der Waals surface area contributed by atoms with Crippen LogP contribution in [0, 0.1) is 12.8 Å². The molecule has 2 amide bonds. The van der Waals surface area contributed by atoms with E-state index in [1.165, 1.54) is 11.3 Å². The van der Waals surface area contributed by atoms with Crippen molar-refractivity contribution in [1.29, 1.82) is 0 Å². The number of carboxylic acid groups (broad SMARTS) is 1. The van der Waals surface area contributed by atoms with Gasteiger partial charge in [0.25, 0.3) is 5.97 Å². The van der Waals surface area contributed by atoms with Crippen LogP contribution < -0.4 is 10.2 Å². The van der Waals surface area contributed by atoms with Gasteiger partial charge in [-0.3, -0.25) is 24.3 Å². The molecule has 1 saturated heterocycles. The van der Waals surface area contributed by atoms with Crippen LogP contribution in [0.25, 0.3) is 0 Å². The zero-order valence-corrected chi connectivity index (χ0v) is 17.5. The topological polar surface area (TPSA) is 125 Å². The van der Waals surface area contributed by atoms with Crippen LogP contribution in [0.3, 0.4) is 0 Å². The van der Waals surface area contributed by atoms with E-state index in [4.69, 9.17) is 9.90 Å². The fraction of sp³-hybridized carbons (Fsp3) is 0.474. The normalized spacial score (nSPS) is 15.6. The molecule has 10 heteroatoms. The van der Waals surface area contributed by atoms with Gasteiger partial charge in [-0.15, -0.1) is 10.2 Å². The Morgan fingerprint density at radius 2 is 2.10 bits per heavy atom. The van der Waals surface area contributed by atoms with Gasteiger partial charge in [0.2, 0.25) is 16.9 Å². The molecular weight excluding hydrogens is 394 g/mol. The lowest BCUT2D eigenvalue weighted by atomic mass is 10.1. The minimum atomic E-state index is -0.833. The van der Waals surface area contributed by atoms with Crippen molar-refractivity contribution >= 4 is 34.3 Å². The fourth-order valence-electron chi connectivity index (χ4n) is 2.78. The highest BCUT2D eigenvalue weighted by Crippen LogP contribution is 2.28. The Morgan fingerprint density at radius 3 is 2.76 bits per heavy atom. The van der Waals surface area contributed by atoms with Crippen LogP contribution in [0.15, 0.2) is 18.3 Å². The van der Waals surface area contributed by atoms with Gasteiger partial charge in [0, 0.05) is 44.7 Å². The Kier molecular flexibility index (Phi) is 8.20. The molecule has 1 aliphatic rings. The van der Waals surface area contributed by atoms with Gasteiger partial charge >= 0.3 is 0 Å². The zero-order valence-electron chi connectivity index (χ0n) is 16.7. The van der Waals surface area contributed by atoms with Gasteiger partial charge < -0.3 is 10.4 Å². The quantitative estimate of drug-likeness (QED) is 0.733. The summed E-state index contributed by atoms with van der Waals surface area (Å²) >= 11 is 1.43. The van der Waals surface area contributed by atoms with E-state index in [0.29, 0.717) is 18.2 Å². The van der Waals surface area contributed by atoms with Gasteiger partial charge in [-0.25, -0.2) is 0 Å². The molecule has 0 aromatic carbocycles. The van der Waals surface area contributed by atoms with Crippen LogP contribution in [-0.2, 0) is 27.3 Å². The van der Waals surface area contributed by atoms with Gasteiger partial charge in [-0.05, 0) is 31.0 Å². The third-order valence-corrected chi connectivity index (χ3v) is 5.08. The predicted molar refractivity (Wildman–Crippen MR) is 108 cm³/mol. The lowest BCUT2D eigenvalue weighted by molar-refractivity contribution is -0.134. The van der Waals surface area contributed by atoms with Crippen molar-refractivity contribution in [3.63, 3.8) is 0 Å². The van der Waals surface area contributed by atoms with Gasteiger partial charge in [0.05, 0.1) is 5.92 Å². The molecule has 3 heterocycles. The fourth-order valence-corrected chi connectivity index (χ4v) is 3.75. The van der Waals surface area contributed by atoms with Crippen molar-refractivity contribution in [2.75, 3.05) is 11.4 Å². The number of carboxylic acids is 1. The highest BCUT2D eigenvalue weighted by molar-refractivity contribution is 7.15. The number of nitrogens with one attached hydrogen (secondary N) is 1. The molecule has 1 atom stereocenters. The minimum absolute atomic E-state index is 0.0703. The number of rotatable bonds is 6. The van der Waals surface area contributed by atoms with Crippen LogP contribution in [0.4, 0.5) is 5.13 Å². The van der Waals surface area contributed by atoms with Gasteiger partial charge in [0.15, 0.2) is 0 Å². The molecule has 0 aliphatic carbocycles. The van der Waals surface area contributed by atoms with Crippen molar-refractivity contribution in [3.05, 3.63) is 34.6 Å². The number of hydrogen-bond acceptors (Lipinski definition) is 7. The molecule has 29 heavy (non-hydrogen) atoms. The first kappa shape index (κ1) is 22.4. The molecule has 0 spiro atoms. The molecule has 0 bridgehead atoms. The monoisotopic (exact) mass is 419 g/mol. The molecule has 156 valence electrons. The second-order valence-electron chi connectivity index (χ2n) is 6.68. The van der Waals surface area contributed by atoms with Crippen LogP contribution in [0.5, 0.6) is 0 Å². The molecule has 1 unspecified atom stereocenters. The van der Waals surface area contributed by atoms with Crippen molar-refractivity contribution in [2.45, 2.75) is 46.6 Å². The van der Waals surface area contributed by atoms with E-state index in [0.717, 1.165) is 36.0 Å². The molecule has 2 aromatic heterocycles. The van der Waals surface area contributed by atoms with E-state index in [2.05, 4.69) is 27.4 Å². The lowest BCUT2D eigenvalue weighted by Crippen LogP contribution is -2.32. The summed E-state index contributed by atoms with van der Waals surface area (Å²) in [7, 11) is 0. The molecule has 0 radical (unpaired) electrons. The lowest BCUT2D eigenvalue weighted by Gasteiger charge is -2.12. The molecule has 2 aromatic rings. The molecule has 1 fully saturated rings. The standard InChI is InChI=1S/C17H21N5O2S.C2H4O2/c1-3-4-14-20-21-17(25-14)22-10-13(8-15(22)23)16(24)19-9-12-5-6-18-11(2)7-12;1-2(3)4/h5-7,13H,3-4,8-10H2,1-2H3,(H,19,24);1H3,(H,3,4). The number of amides is 2. The van der Waals surface area contributed by atoms with E-state index in [1.54, 1.807) is 11.1 Å². The Morgan fingerprint density at radius 1 is 1.38 bits per heavy atom. The van der Waals surface area contributed by atoms with Crippen LogP contribution in [-0.4, -0.2) is 44.6 Å². The van der Waals surface area contributed by atoms with E-state index in [9.17, 15) is 9.59 Å². The molecule has 3 rings (SSSR count). The molecule has 2 N–H and O–H groups in total. The Hall–Kier alpha value is -2.88. The zero-order chi connectivity index (χ0) is 21.4. The summed E-state index contributed by atoms with van der Waals surface area (Å²) in [6, 6.07) is 3.80. The Balaban J connectivity index is 0.000000687. The van der Waals surface area contributed by atoms with Crippen LogP contribution in [0.2, 0.25) is 0 Å². The number of aromatic nitrogens is 3. The van der Waals surface area contributed by atoms with Gasteiger partial charge in [-0.1, -0.05) is 18.3 Å². The third kappa shape index (κ3) is 6.90. The van der Waals surface area contributed by atoms with Crippen molar-refractivity contribution < 1.29 is 19.5 Å². The van der Waals surface area contributed by atoms with Crippen molar-refractivity contribution in [1.82, 2.24) is 20.5 Å². The largest absolute Gasteiger partial charge is 0.481 e. The summed E-state index contributed by atoms with van der Waals surface area (Å²) < 4.78 is 0. The summed E-state index contributed by atoms with van der Waals surface area (Å²) in [4.78, 5) is 39.4. The first-order chi connectivity index (χ1) is 13.8. The second kappa shape index (κ2) is 10.6. The summed E-state index contributed by atoms with van der Waals surface area (Å²) in [6.07, 6.45) is 3.78. The number of aryl methyl sites for hydroxylation is 2. The average Bonchev–Trinajstić information content (AvgIpc) is 3.26. The smallest absolute Gasteiger partial charge is 0.300 e. The molecule has 1 aliphatic heterocycles. The number of aliphatic carboxylic acids is 1. The van der Waals surface area contributed by atoms with Crippen molar-refractivity contribution in [2.24, 2.45) is 5.92 Å². The number of anilines is 1. The SMILES string of the molecule is CC(=O)O.CCCc1nnc(N2CC(C(=O)NCc3ccnc(C)c3)CC2=O)s1. The summed E-state index contributed by atoms with van der Waals surface area (Å²) in [5, 5.41) is 20.0. The number of pyridine rings is 1. The van der Waals surface area contributed by atoms with Gasteiger partial charge in [0.1, 0.15) is 5.01 Å². The van der Waals surface area contributed by atoms with E-state index in [1.807, 2.05) is 19.1 Å². The predicted octanol–water partition coefficient (Wildman–Crippen LogP) is 1.95. The number of carbonyl (C=O) groups is 3. The summed E-state index contributed by atoms with van der Waals surface area (Å²) in [5.74, 6) is -1.36. The Labute approximate surface area is 173 Å². The van der Waals surface area contributed by atoms with Crippen molar-refractivity contribution in [3.8, 4) is 0 Å². The van der Waals surface area contributed by atoms with Crippen LogP contribution >= 0.6 is 11.3 Å². The maximum atomic E-state index is 12.4. The summed E-state index contributed by atoms with van der Waals surface area (Å²) in [5.41, 5.74) is 1.91. The first-order valence-electron chi connectivity index (χ1n) is 9.31. The van der Waals surface area contributed by atoms with E-state index >= 15 is 0 Å². The second-order valence-corrected chi connectivity index (χ2v) is 7.72. The number of hydrogen-bond donors (Lipinski definition) is 2. The van der Waals surface area contributed by atoms with E-state index in [-0.39, 0.29) is 24.2 Å². The highest BCUT2D eigenvalue weighted by atomic mass is 32.1. The van der Waals surface area contributed by atoms with E-state index < -0.39 is 5.97 Å². The molecule has 9 nitrogen and oxygen atoms in total. The maximum Gasteiger partial charge on any atom is 0.300 e. The molecule has 0 saturated carbocycles. The van der Waals surface area contributed by atoms with Gasteiger partial charge in [-0.2, -0.15) is 0 Å². The number of nitrogens with zero attached hydrogens (tertiary/aromatic N) is 4. The Bertz CT molecular complexity index is 866. The minimum Gasteiger partial charge on any atom is -0.481 e. The summed E-state index contributed by atoms with van der Waals surface area (Å²) in [6.45, 7) is 5.87. The van der Waals surface area contributed by atoms with Crippen LogP contribution in [0.1, 0.15) is 43.0 Å². The third-order valence-electron chi connectivity index (χ3n) is 4.07. The first-order valence-corrected chi connectivity index (χ1v) is 10.1. The molecular formula is C19H25N5O4S. The number of carbonyl (C=O) groups excluding carboxylic acids is 2. The highest BCUT2D eigenvalue weighted by Gasteiger charge is 2.36.